The van der Waals surface area contributed by atoms with Crippen LogP contribution in [0.4, 0.5) is 5.95 Å². The van der Waals surface area contributed by atoms with Gasteiger partial charge in [0.25, 0.3) is 0 Å². The number of fused-ring (bicyclic) bond motifs is 1. The van der Waals surface area contributed by atoms with Gasteiger partial charge in [0.2, 0.25) is 15.8 Å². The Morgan fingerprint density at radius 3 is 2.67 bits per heavy atom. The first-order valence-electron chi connectivity index (χ1n) is 8.83. The quantitative estimate of drug-likeness (QED) is 0.282. The van der Waals surface area contributed by atoms with E-state index in [0.29, 0.717) is 27.2 Å². The predicted molar refractivity (Wildman–Crippen MR) is 111 cm³/mol. The lowest BCUT2D eigenvalue weighted by molar-refractivity contribution is 0.543. The molecule has 3 aromatic heterocycles. The second-order valence-corrected chi connectivity index (χ2v) is 9.51. The summed E-state index contributed by atoms with van der Waals surface area (Å²) in [6.07, 6.45) is 1.57. The number of imidazole rings is 1. The molecule has 1 aliphatic rings. The minimum Gasteiger partial charge on any atom is -0.369 e. The number of benzene rings is 1. The van der Waals surface area contributed by atoms with E-state index in [9.17, 15) is 8.42 Å². The van der Waals surface area contributed by atoms with Crippen molar-refractivity contribution in [1.82, 2.24) is 40.9 Å². The first-order valence-corrected chi connectivity index (χ1v) is 11.3. The molecule has 4 aromatic rings. The van der Waals surface area contributed by atoms with Crippen LogP contribution in [-0.4, -0.2) is 62.3 Å². The van der Waals surface area contributed by atoms with Crippen molar-refractivity contribution in [2.24, 2.45) is 5.14 Å². The van der Waals surface area contributed by atoms with Crippen LogP contribution in [0.5, 0.6) is 0 Å². The van der Waals surface area contributed by atoms with E-state index in [1.165, 1.54) is 11.8 Å². The van der Waals surface area contributed by atoms with Gasteiger partial charge in [0.05, 0.1) is 11.1 Å². The number of primary sulfonamides is 1. The molecule has 0 unspecified atom stereocenters. The molecule has 1 fully saturated rings. The Morgan fingerprint density at radius 2 is 2.00 bits per heavy atom. The molecule has 0 spiro atoms. The number of hydrogen-bond donors (Lipinski definition) is 5. The van der Waals surface area contributed by atoms with Crippen LogP contribution in [0.15, 0.2) is 34.2 Å². The molecule has 1 aliphatic heterocycles. The second kappa shape index (κ2) is 7.02. The summed E-state index contributed by atoms with van der Waals surface area (Å²) in [6.45, 7) is 1.57. The zero-order valence-corrected chi connectivity index (χ0v) is 17.0. The van der Waals surface area contributed by atoms with Crippen molar-refractivity contribution in [3.05, 3.63) is 24.4 Å². The molecule has 1 saturated heterocycles. The van der Waals surface area contributed by atoms with Crippen molar-refractivity contribution in [1.29, 1.82) is 0 Å². The molecule has 0 amide bonds. The largest absolute Gasteiger partial charge is 0.369 e. The normalized spacial score (nSPS) is 14.8. The highest BCUT2D eigenvalue weighted by Gasteiger charge is 2.30. The molecular weight excluding hydrogens is 428 g/mol. The lowest BCUT2D eigenvalue weighted by Crippen LogP contribution is -2.44. The summed E-state index contributed by atoms with van der Waals surface area (Å²) in [5, 5.41) is 23.1. The number of H-pyrrole nitrogens is 2. The second-order valence-electron chi connectivity index (χ2n) is 6.67. The van der Waals surface area contributed by atoms with Gasteiger partial charge < -0.3 is 16.0 Å². The van der Waals surface area contributed by atoms with Crippen LogP contribution < -0.4 is 16.2 Å². The van der Waals surface area contributed by atoms with Crippen LogP contribution in [-0.2, 0) is 10.0 Å². The Labute approximate surface area is 174 Å². The van der Waals surface area contributed by atoms with Crippen LogP contribution in [0.1, 0.15) is 0 Å². The van der Waals surface area contributed by atoms with Crippen LogP contribution >= 0.6 is 11.8 Å². The van der Waals surface area contributed by atoms with Gasteiger partial charge in [-0.25, -0.2) is 18.5 Å². The summed E-state index contributed by atoms with van der Waals surface area (Å²) >= 11 is 1.45. The summed E-state index contributed by atoms with van der Waals surface area (Å²) < 4.78 is 25.4. The van der Waals surface area contributed by atoms with E-state index in [-0.39, 0.29) is 27.5 Å². The number of nitrogen functional groups attached to an aromatic ring is 1. The van der Waals surface area contributed by atoms with Gasteiger partial charge in [-0.2, -0.15) is 10.2 Å². The minimum absolute atomic E-state index is 0.0456. The maximum atomic E-state index is 12.7. The third-order valence-electron chi connectivity index (χ3n) is 4.71. The molecule has 0 bridgehead atoms. The molecule has 5 rings (SSSR count). The summed E-state index contributed by atoms with van der Waals surface area (Å²) in [5.41, 5.74) is 8.18. The van der Waals surface area contributed by atoms with Crippen molar-refractivity contribution in [3.8, 4) is 22.5 Å². The Bertz CT molecular complexity index is 1350. The maximum Gasteiger partial charge on any atom is 0.239 e. The topological polar surface area (TPSA) is 194 Å². The van der Waals surface area contributed by atoms with Gasteiger partial charge >= 0.3 is 0 Å². The van der Waals surface area contributed by atoms with Crippen LogP contribution in [0.2, 0.25) is 0 Å². The van der Waals surface area contributed by atoms with Crippen LogP contribution in [0.25, 0.3) is 33.7 Å². The molecule has 14 heteroatoms. The summed E-state index contributed by atoms with van der Waals surface area (Å²) in [7, 11) is -4.13. The minimum atomic E-state index is -4.13. The smallest absolute Gasteiger partial charge is 0.239 e. The summed E-state index contributed by atoms with van der Waals surface area (Å²) in [4.78, 5) is 11.8. The fourth-order valence-corrected chi connectivity index (χ4v) is 5.78. The number of rotatable bonds is 5. The number of sulfonamides is 1. The van der Waals surface area contributed by atoms with E-state index in [2.05, 4.69) is 40.9 Å². The number of anilines is 1. The molecular formula is C16H16N10O2S2. The van der Waals surface area contributed by atoms with Crippen LogP contribution in [0.3, 0.4) is 0 Å². The van der Waals surface area contributed by atoms with E-state index < -0.39 is 10.0 Å². The van der Waals surface area contributed by atoms with E-state index in [4.69, 9.17) is 10.9 Å². The number of hydrogen-bond acceptors (Lipinski definition) is 10. The Kier molecular flexibility index (Phi) is 4.43. The molecule has 0 aliphatic carbocycles. The number of nitrogens with two attached hydrogens (primary N) is 2. The Balaban J connectivity index is 1.83. The molecule has 7 N–H and O–H groups in total. The monoisotopic (exact) mass is 444 g/mol. The van der Waals surface area contributed by atoms with Gasteiger partial charge in [-0.3, -0.25) is 0 Å². The average molecular weight is 445 g/mol. The molecule has 0 saturated carbocycles. The molecule has 4 heterocycles. The predicted octanol–water partition coefficient (Wildman–Crippen LogP) is 0.0985. The van der Waals surface area contributed by atoms with Crippen molar-refractivity contribution < 1.29 is 8.42 Å². The number of nitrogens with zero attached hydrogens (tertiary/aromatic N) is 5. The lowest BCUT2D eigenvalue weighted by atomic mass is 9.99. The van der Waals surface area contributed by atoms with Gasteiger partial charge in [-0.1, -0.05) is 6.07 Å². The first-order chi connectivity index (χ1) is 14.4. The van der Waals surface area contributed by atoms with E-state index in [0.717, 1.165) is 13.1 Å². The third kappa shape index (κ3) is 3.19. The van der Waals surface area contributed by atoms with Gasteiger partial charge in [-0.05, 0) is 22.9 Å². The maximum absolute atomic E-state index is 12.7. The van der Waals surface area contributed by atoms with Gasteiger partial charge in [-0.15, -0.1) is 22.0 Å². The zero-order valence-electron chi connectivity index (χ0n) is 15.3. The number of nitrogens with one attached hydrogen (secondary N) is 3. The van der Waals surface area contributed by atoms with Crippen molar-refractivity contribution in [2.45, 2.75) is 15.0 Å². The van der Waals surface area contributed by atoms with E-state index >= 15 is 0 Å². The number of pyridine rings is 1. The Morgan fingerprint density at radius 1 is 1.17 bits per heavy atom. The van der Waals surface area contributed by atoms with Crippen molar-refractivity contribution in [2.75, 3.05) is 18.8 Å². The fraction of sp³-hybridized carbons (Fsp3) is 0.188. The molecule has 0 atom stereocenters. The van der Waals surface area contributed by atoms with Crippen molar-refractivity contribution >= 4 is 38.9 Å². The summed E-state index contributed by atoms with van der Waals surface area (Å²) in [5.74, 6) is 0.308. The van der Waals surface area contributed by atoms with Crippen molar-refractivity contribution in [3.63, 3.8) is 0 Å². The van der Waals surface area contributed by atoms with E-state index in [1.807, 2.05) is 0 Å². The number of thioether (sulfide) groups is 1. The third-order valence-corrected chi connectivity index (χ3v) is 7.10. The number of tetrazole rings is 1. The first kappa shape index (κ1) is 18.9. The molecule has 0 radical (unpaired) electrons. The summed E-state index contributed by atoms with van der Waals surface area (Å²) in [6, 6.07) is 5.28. The SMILES string of the molecule is Nc1nc2nccc(-c3ccc(SC4CNC4)c(S(N)(=O)=O)c3-c3nn[nH]n3)c2[nH]1. The number of aromatic nitrogens is 7. The van der Waals surface area contributed by atoms with E-state index in [1.54, 1.807) is 24.4 Å². The standard InChI is InChI=1S/C16H16N10O2S2/c17-16-21-12-9(3-4-20-15(12)22-16)8-1-2-10(29-7-5-19-6-7)13(30(18,27)28)11(8)14-23-25-26-24-14/h1-4,7,19H,5-6H2,(H2,18,27,28)(H3,17,20,21,22)(H,23,24,25,26). The average Bonchev–Trinajstić information content (AvgIpc) is 3.31. The highest BCUT2D eigenvalue weighted by atomic mass is 32.2. The fourth-order valence-electron chi connectivity index (χ4n) is 3.33. The van der Waals surface area contributed by atoms with Crippen LogP contribution in [0, 0.1) is 0 Å². The number of aromatic amines is 2. The van der Waals surface area contributed by atoms with Gasteiger partial charge in [0, 0.05) is 35.0 Å². The highest BCUT2D eigenvalue weighted by molar-refractivity contribution is 8.00. The van der Waals surface area contributed by atoms with Gasteiger partial charge in [0.15, 0.2) is 11.6 Å². The molecule has 12 nitrogen and oxygen atoms in total. The molecule has 154 valence electrons. The molecule has 1 aromatic carbocycles. The highest BCUT2D eigenvalue weighted by Crippen LogP contribution is 2.43. The molecule has 30 heavy (non-hydrogen) atoms. The Hall–Kier alpha value is -3.07. The zero-order chi connectivity index (χ0) is 20.9. The van der Waals surface area contributed by atoms with Gasteiger partial charge in [0.1, 0.15) is 4.90 Å². The lowest BCUT2D eigenvalue weighted by Gasteiger charge is -2.27.